The predicted octanol–water partition coefficient (Wildman–Crippen LogP) is 7.29. The van der Waals surface area contributed by atoms with Gasteiger partial charge in [-0.05, 0) is 64.9 Å². The molecule has 5 atom stereocenters. The second-order valence-electron chi connectivity index (χ2n) is 13.1. The molecule has 2 fully saturated rings. The van der Waals surface area contributed by atoms with Crippen molar-refractivity contribution in [3.8, 4) is 5.75 Å². The highest BCUT2D eigenvalue weighted by Crippen LogP contribution is 2.53. The molecule has 7 heteroatoms. The van der Waals surface area contributed by atoms with E-state index in [1.165, 1.54) is 0 Å². The smallest absolute Gasteiger partial charge is 0.225 e. The third-order valence-electron chi connectivity index (χ3n) is 9.78. The summed E-state index contributed by atoms with van der Waals surface area (Å²) in [4.78, 5) is 0. The molecule has 2 aliphatic heterocycles. The van der Waals surface area contributed by atoms with Gasteiger partial charge in [-0.1, -0.05) is 115 Å². The average Bonchev–Trinajstić information content (AvgIpc) is 3.53. The van der Waals surface area contributed by atoms with Crippen molar-refractivity contribution in [3.05, 3.63) is 172 Å². The van der Waals surface area contributed by atoms with Gasteiger partial charge in [-0.2, -0.15) is 0 Å². The van der Waals surface area contributed by atoms with Crippen molar-refractivity contribution in [1.82, 2.24) is 0 Å². The van der Waals surface area contributed by atoms with Gasteiger partial charge in [0.25, 0.3) is 0 Å². The van der Waals surface area contributed by atoms with Crippen LogP contribution in [0.3, 0.4) is 0 Å². The lowest BCUT2D eigenvalue weighted by Crippen LogP contribution is -2.67. The van der Waals surface area contributed by atoms with Crippen LogP contribution in [0.1, 0.15) is 38.9 Å². The number of fused-ring (bicyclic) bond motifs is 2. The number of hydrogen-bond donors (Lipinski definition) is 1. The first-order valence-corrected chi connectivity index (χ1v) is 17.2. The minimum atomic E-state index is -1.38. The highest BCUT2D eigenvalue weighted by atomic mass is 16.8. The van der Waals surface area contributed by atoms with E-state index in [9.17, 15) is 5.11 Å². The van der Waals surface area contributed by atoms with Crippen LogP contribution < -0.4 is 4.74 Å². The maximum Gasteiger partial charge on any atom is 0.225 e. The maximum atomic E-state index is 11.1. The van der Waals surface area contributed by atoms with Crippen LogP contribution >= 0.6 is 0 Å². The summed E-state index contributed by atoms with van der Waals surface area (Å²) in [6.45, 7) is 2.80. The fourth-order valence-electron chi connectivity index (χ4n) is 6.97. The topological polar surface area (TPSA) is 75.6 Å². The molecular weight excluding hydrogens is 628 g/mol. The van der Waals surface area contributed by atoms with Gasteiger partial charge in [-0.25, -0.2) is 0 Å². The highest BCUT2D eigenvalue weighted by Gasteiger charge is 2.69. The van der Waals surface area contributed by atoms with E-state index < -0.39 is 29.7 Å². The Bertz CT molecular complexity index is 1820. The quantitative estimate of drug-likeness (QED) is 0.133. The zero-order valence-corrected chi connectivity index (χ0v) is 28.6. The Hall–Kier alpha value is -4.34. The summed E-state index contributed by atoms with van der Waals surface area (Å²) in [7, 11) is 1.67. The standard InChI is InChI=1S/C43H44O7/c1-31-18-21-37(25-36(31)24-32-19-22-38(45-2)23-20-32)43-41(48-28-35-16-10-5-11-17-35)39(46-26-33-12-6-3-7-13-33)40(42(29-44,50-43)30-49-43)47-27-34-14-8-4-9-15-34/h3-23,25,39-41,44H,24,26-30H2,1-2H3/t39-,40+,41?,42?,43?/m0/s1. The second-order valence-corrected chi connectivity index (χ2v) is 13.1. The van der Waals surface area contributed by atoms with Crippen LogP contribution in [0.2, 0.25) is 0 Å². The van der Waals surface area contributed by atoms with Crippen LogP contribution in [0.15, 0.2) is 133 Å². The van der Waals surface area contributed by atoms with Crippen molar-refractivity contribution in [1.29, 1.82) is 0 Å². The fraction of sp³-hybridized carbons (Fsp3) is 0.302. The zero-order valence-electron chi connectivity index (χ0n) is 28.6. The first-order chi connectivity index (χ1) is 24.5. The van der Waals surface area contributed by atoms with Crippen LogP contribution in [0.25, 0.3) is 0 Å². The molecule has 7 rings (SSSR count). The average molecular weight is 673 g/mol. The van der Waals surface area contributed by atoms with Crippen molar-refractivity contribution in [2.75, 3.05) is 20.3 Å². The number of rotatable bonds is 14. The first-order valence-electron chi connectivity index (χ1n) is 17.2. The molecule has 3 unspecified atom stereocenters. The fourth-order valence-corrected chi connectivity index (χ4v) is 6.97. The molecule has 2 aliphatic rings. The van der Waals surface area contributed by atoms with Crippen LogP contribution in [-0.4, -0.2) is 49.3 Å². The molecule has 2 saturated heterocycles. The monoisotopic (exact) mass is 672 g/mol. The van der Waals surface area contributed by atoms with Crippen molar-refractivity contribution < 1.29 is 33.5 Å². The molecule has 7 nitrogen and oxygen atoms in total. The predicted molar refractivity (Wildman–Crippen MR) is 191 cm³/mol. The Morgan fingerprint density at radius 3 is 1.78 bits per heavy atom. The van der Waals surface area contributed by atoms with Gasteiger partial charge >= 0.3 is 0 Å². The van der Waals surface area contributed by atoms with Gasteiger partial charge < -0.3 is 33.5 Å². The number of hydrogen-bond acceptors (Lipinski definition) is 7. The summed E-state index contributed by atoms with van der Waals surface area (Å²) in [5, 5.41) is 11.1. The molecular formula is C43H44O7. The van der Waals surface area contributed by atoms with E-state index >= 15 is 0 Å². The Labute approximate surface area is 294 Å². The molecule has 0 saturated carbocycles. The van der Waals surface area contributed by atoms with E-state index in [-0.39, 0.29) is 13.2 Å². The normalized spacial score (nSPS) is 24.3. The first kappa shape index (κ1) is 34.1. The summed E-state index contributed by atoms with van der Waals surface area (Å²) in [6, 6.07) is 44.5. The molecule has 50 heavy (non-hydrogen) atoms. The molecule has 0 amide bonds. The van der Waals surface area contributed by atoms with Gasteiger partial charge in [0.2, 0.25) is 5.79 Å². The maximum absolute atomic E-state index is 11.1. The summed E-state index contributed by atoms with van der Waals surface area (Å²) in [6.07, 6.45) is -1.43. The molecule has 0 spiro atoms. The lowest BCUT2D eigenvalue weighted by molar-refractivity contribution is -0.353. The lowest BCUT2D eigenvalue weighted by atomic mass is 9.82. The van der Waals surface area contributed by atoms with Gasteiger partial charge in [0.15, 0.2) is 0 Å². The van der Waals surface area contributed by atoms with Gasteiger partial charge in [0, 0.05) is 5.56 Å². The van der Waals surface area contributed by atoms with E-state index in [1.54, 1.807) is 7.11 Å². The van der Waals surface area contributed by atoms with Crippen molar-refractivity contribution >= 4 is 0 Å². The van der Waals surface area contributed by atoms with E-state index in [2.05, 4.69) is 31.2 Å². The van der Waals surface area contributed by atoms with Crippen molar-refractivity contribution in [2.45, 2.75) is 62.9 Å². The summed E-state index contributed by atoms with van der Waals surface area (Å²) < 4.78 is 39.7. The molecule has 5 aromatic rings. The number of benzene rings is 5. The van der Waals surface area contributed by atoms with E-state index in [0.717, 1.165) is 44.7 Å². The minimum absolute atomic E-state index is 0.0983. The molecule has 1 N–H and O–H groups in total. The molecule has 258 valence electrons. The van der Waals surface area contributed by atoms with Gasteiger partial charge in [-0.3, -0.25) is 0 Å². The summed E-state index contributed by atoms with van der Waals surface area (Å²) >= 11 is 0. The Morgan fingerprint density at radius 2 is 1.22 bits per heavy atom. The van der Waals surface area contributed by atoms with Crippen LogP contribution in [-0.2, 0) is 55.7 Å². The van der Waals surface area contributed by atoms with E-state index in [1.807, 2.05) is 109 Å². The molecule has 2 bridgehead atoms. The number of methoxy groups -OCH3 is 1. The number of aryl methyl sites for hydroxylation is 1. The molecule has 0 aliphatic carbocycles. The summed E-state index contributed by atoms with van der Waals surface area (Å²) in [5.74, 6) is -0.564. The van der Waals surface area contributed by atoms with Crippen LogP contribution in [0.5, 0.6) is 5.75 Å². The second kappa shape index (κ2) is 15.3. The van der Waals surface area contributed by atoms with Gasteiger partial charge in [0.1, 0.15) is 29.7 Å². The van der Waals surface area contributed by atoms with Crippen LogP contribution in [0.4, 0.5) is 0 Å². The van der Waals surface area contributed by atoms with Crippen LogP contribution in [0, 0.1) is 6.92 Å². The van der Waals surface area contributed by atoms with E-state index in [4.69, 9.17) is 28.4 Å². The summed E-state index contributed by atoms with van der Waals surface area (Å²) in [5.41, 5.74) is 6.04. The third kappa shape index (κ3) is 7.12. The lowest BCUT2D eigenvalue weighted by Gasteiger charge is -2.50. The van der Waals surface area contributed by atoms with Crippen molar-refractivity contribution in [3.63, 3.8) is 0 Å². The van der Waals surface area contributed by atoms with E-state index in [0.29, 0.717) is 26.2 Å². The molecule has 0 aromatic heterocycles. The SMILES string of the molecule is COc1ccc(Cc2cc(C34OCC(CO)(O3)[C@H](OCc3ccccc3)[C@H](OCc3ccccc3)C4OCc3ccccc3)ccc2C)cc1. The minimum Gasteiger partial charge on any atom is -0.497 e. The molecule has 5 aromatic carbocycles. The zero-order chi connectivity index (χ0) is 34.4. The number of aliphatic hydroxyl groups is 1. The Morgan fingerprint density at radius 1 is 0.660 bits per heavy atom. The number of ether oxygens (including phenoxy) is 6. The largest absolute Gasteiger partial charge is 0.497 e. The molecule has 0 radical (unpaired) electrons. The Kier molecular flexibility index (Phi) is 10.4. The molecule has 2 heterocycles. The van der Waals surface area contributed by atoms with Crippen molar-refractivity contribution in [2.24, 2.45) is 0 Å². The third-order valence-corrected chi connectivity index (χ3v) is 9.78. The number of aliphatic hydroxyl groups excluding tert-OH is 1. The van der Waals surface area contributed by atoms with Gasteiger partial charge in [0.05, 0.1) is 40.1 Å². The van der Waals surface area contributed by atoms with Gasteiger partial charge in [-0.15, -0.1) is 0 Å². The highest BCUT2D eigenvalue weighted by molar-refractivity contribution is 5.40. The Balaban J connectivity index is 1.30.